The molecule has 0 N–H and O–H groups in total. The molecule has 0 spiro atoms. The van der Waals surface area contributed by atoms with E-state index in [0.717, 1.165) is 15.5 Å². The van der Waals surface area contributed by atoms with Crippen LogP contribution in [0.2, 0.25) is 11.5 Å². The van der Waals surface area contributed by atoms with Crippen LogP contribution in [0, 0.1) is 0 Å². The molecule has 4 heteroatoms. The molecule has 0 unspecified atom stereocenters. The topological polar surface area (TPSA) is 0 Å². The van der Waals surface area contributed by atoms with Crippen LogP contribution >= 0.6 is 0 Å². The average Bonchev–Trinajstić information content (AvgIpc) is 2.58. The van der Waals surface area contributed by atoms with Crippen molar-refractivity contribution in [2.24, 2.45) is 0 Å². The Bertz CT molecular complexity index is 657. The Balaban J connectivity index is 2.27. The average molecular weight is 323 g/mol. The van der Waals surface area contributed by atoms with Gasteiger partial charge in [0.1, 0.15) is 0 Å². The second kappa shape index (κ2) is 3.89. The summed E-state index contributed by atoms with van der Waals surface area (Å²) in [5.41, 5.74) is 1.59. The van der Waals surface area contributed by atoms with Crippen LogP contribution in [0.3, 0.4) is 0 Å². The van der Waals surface area contributed by atoms with Gasteiger partial charge in [-0.2, -0.15) is 0 Å². The van der Waals surface area contributed by atoms with Gasteiger partial charge in [-0.15, -0.1) is 0 Å². The molecule has 2 aromatic carbocycles. The van der Waals surface area contributed by atoms with Crippen molar-refractivity contribution in [2.45, 2.75) is 17.7 Å². The zero-order valence-corrected chi connectivity index (χ0v) is 12.8. The molecule has 19 heavy (non-hydrogen) atoms. The van der Waals surface area contributed by atoms with Gasteiger partial charge in [0, 0.05) is 0 Å². The molecule has 0 fully saturated rings. The van der Waals surface area contributed by atoms with E-state index in [9.17, 15) is 13.2 Å². The van der Waals surface area contributed by atoms with E-state index in [2.05, 4.69) is 17.6 Å². The molecule has 3 rings (SSSR count). The zero-order valence-electron chi connectivity index (χ0n) is 10.7. The number of benzene rings is 2. The first-order chi connectivity index (χ1) is 8.82. The molecular formula is C15H13F3Ge. The third-order valence-electron chi connectivity index (χ3n) is 3.91. The first-order valence-corrected chi connectivity index (χ1v) is 12.4. The quantitative estimate of drug-likeness (QED) is 0.651. The normalized spacial score (nSPS) is 16.1. The molecule has 0 saturated heterocycles. The predicted molar refractivity (Wildman–Crippen MR) is 73.6 cm³/mol. The first kappa shape index (κ1) is 12.8. The standard InChI is InChI=1S/C15H13F3Ge/c1-19(2)13-6-4-3-5-11(13)12-8-7-10(9-14(12)19)15(16,17)18/h3-9H,1-2H3. The number of alkyl halides is 3. The van der Waals surface area contributed by atoms with Crippen LogP contribution in [-0.2, 0) is 6.18 Å². The Morgan fingerprint density at radius 1 is 0.842 bits per heavy atom. The Hall–Kier alpha value is -1.23. The van der Waals surface area contributed by atoms with Crippen LogP contribution in [-0.4, -0.2) is 13.3 Å². The molecule has 0 aromatic heterocycles. The molecule has 0 bridgehead atoms. The molecule has 0 atom stereocenters. The van der Waals surface area contributed by atoms with Gasteiger partial charge in [0.25, 0.3) is 0 Å². The molecule has 2 aromatic rings. The summed E-state index contributed by atoms with van der Waals surface area (Å²) >= 11 is -2.56. The van der Waals surface area contributed by atoms with Crippen molar-refractivity contribution in [1.82, 2.24) is 0 Å². The first-order valence-electron chi connectivity index (χ1n) is 6.13. The third-order valence-corrected chi connectivity index (χ3v) is 11.3. The fourth-order valence-electron chi connectivity index (χ4n) is 2.88. The van der Waals surface area contributed by atoms with Crippen LogP contribution in [0.5, 0.6) is 0 Å². The van der Waals surface area contributed by atoms with E-state index in [0.29, 0.717) is 0 Å². The summed E-state index contributed by atoms with van der Waals surface area (Å²) in [5, 5.41) is 0. The minimum atomic E-state index is -4.26. The van der Waals surface area contributed by atoms with E-state index in [-0.39, 0.29) is 0 Å². The van der Waals surface area contributed by atoms with Crippen LogP contribution in [0.15, 0.2) is 42.5 Å². The summed E-state index contributed by atoms with van der Waals surface area (Å²) < 4.78 is 40.8. The fourth-order valence-corrected chi connectivity index (χ4v) is 9.39. The van der Waals surface area contributed by atoms with Gasteiger partial charge < -0.3 is 0 Å². The Labute approximate surface area is 112 Å². The van der Waals surface area contributed by atoms with Crippen molar-refractivity contribution in [3.63, 3.8) is 0 Å². The fraction of sp³-hybridized carbons (Fsp3) is 0.200. The summed E-state index contributed by atoms with van der Waals surface area (Å²) in [6, 6.07) is 12.2. The Morgan fingerprint density at radius 3 is 2.16 bits per heavy atom. The molecule has 1 heterocycles. The molecule has 0 radical (unpaired) electrons. The van der Waals surface area contributed by atoms with Crippen LogP contribution in [0.1, 0.15) is 5.56 Å². The molecule has 0 aliphatic carbocycles. The van der Waals surface area contributed by atoms with Crippen molar-refractivity contribution in [1.29, 1.82) is 0 Å². The minimum absolute atomic E-state index is 0.530. The number of hydrogen-bond donors (Lipinski definition) is 0. The molecule has 1 aliphatic rings. The summed E-state index contributed by atoms with van der Waals surface area (Å²) in [6.07, 6.45) is -4.26. The summed E-state index contributed by atoms with van der Waals surface area (Å²) in [5.74, 6) is 4.32. The maximum absolute atomic E-state index is 12.9. The number of rotatable bonds is 0. The maximum atomic E-state index is 12.9. The van der Waals surface area contributed by atoms with Gasteiger partial charge in [-0.1, -0.05) is 0 Å². The van der Waals surface area contributed by atoms with Gasteiger partial charge in [0.2, 0.25) is 0 Å². The van der Waals surface area contributed by atoms with Crippen molar-refractivity contribution in [3.8, 4) is 11.1 Å². The van der Waals surface area contributed by atoms with E-state index in [4.69, 9.17) is 0 Å². The van der Waals surface area contributed by atoms with Crippen molar-refractivity contribution < 1.29 is 13.2 Å². The number of hydrogen-bond acceptors (Lipinski definition) is 0. The number of fused-ring (bicyclic) bond motifs is 3. The molecule has 0 saturated carbocycles. The molecule has 0 amide bonds. The Kier molecular flexibility index (Phi) is 2.62. The second-order valence-corrected chi connectivity index (χ2v) is 14.5. The van der Waals surface area contributed by atoms with Crippen LogP contribution in [0.25, 0.3) is 11.1 Å². The van der Waals surface area contributed by atoms with E-state index >= 15 is 0 Å². The third kappa shape index (κ3) is 1.83. The van der Waals surface area contributed by atoms with Crippen LogP contribution in [0.4, 0.5) is 13.2 Å². The summed E-state index contributed by atoms with van der Waals surface area (Å²) in [6.45, 7) is 0. The van der Waals surface area contributed by atoms with Gasteiger partial charge in [-0.05, 0) is 0 Å². The van der Waals surface area contributed by atoms with E-state index < -0.39 is 25.0 Å². The second-order valence-electron chi connectivity index (χ2n) is 5.43. The molecular weight excluding hydrogens is 310 g/mol. The van der Waals surface area contributed by atoms with E-state index in [1.54, 1.807) is 6.07 Å². The van der Waals surface area contributed by atoms with E-state index in [1.807, 2.05) is 18.2 Å². The van der Waals surface area contributed by atoms with Gasteiger partial charge >= 0.3 is 112 Å². The van der Waals surface area contributed by atoms with Crippen molar-refractivity contribution in [3.05, 3.63) is 48.0 Å². The van der Waals surface area contributed by atoms with Gasteiger partial charge in [-0.3, -0.25) is 0 Å². The van der Waals surface area contributed by atoms with Crippen molar-refractivity contribution in [2.75, 3.05) is 0 Å². The molecule has 0 nitrogen and oxygen atoms in total. The van der Waals surface area contributed by atoms with Gasteiger partial charge in [-0.25, -0.2) is 0 Å². The summed E-state index contributed by atoms with van der Waals surface area (Å²) in [7, 11) is 0. The van der Waals surface area contributed by atoms with Crippen molar-refractivity contribution >= 4 is 22.1 Å². The van der Waals surface area contributed by atoms with Gasteiger partial charge in [0.15, 0.2) is 0 Å². The molecule has 1 aliphatic heterocycles. The summed E-state index contributed by atoms with van der Waals surface area (Å²) in [4.78, 5) is 0. The Morgan fingerprint density at radius 2 is 1.47 bits per heavy atom. The monoisotopic (exact) mass is 324 g/mol. The molecule has 98 valence electrons. The number of halogens is 3. The van der Waals surface area contributed by atoms with Crippen LogP contribution < -0.4 is 8.79 Å². The SMILES string of the molecule is [CH3][Ge]1([CH3])[c]2ccccc2-c2ccc(C(F)(F)F)c[c]21. The predicted octanol–water partition coefficient (Wildman–Crippen LogP) is 3.51. The van der Waals surface area contributed by atoms with E-state index in [1.165, 1.54) is 16.5 Å². The van der Waals surface area contributed by atoms with Gasteiger partial charge in [0.05, 0.1) is 0 Å². The zero-order chi connectivity index (χ0) is 13.8.